The van der Waals surface area contributed by atoms with Crippen LogP contribution in [0.2, 0.25) is 0 Å². The summed E-state index contributed by atoms with van der Waals surface area (Å²) in [6, 6.07) is 0.549. The van der Waals surface area contributed by atoms with Gasteiger partial charge in [-0.05, 0) is 53.0 Å². The first-order valence-corrected chi connectivity index (χ1v) is 6.71. The lowest BCUT2D eigenvalue weighted by Gasteiger charge is -2.32. The molecule has 0 unspecified atom stereocenters. The van der Waals surface area contributed by atoms with Gasteiger partial charge in [-0.1, -0.05) is 0 Å². The second-order valence-electron chi connectivity index (χ2n) is 6.48. The van der Waals surface area contributed by atoms with Gasteiger partial charge in [-0.15, -0.1) is 0 Å². The Balaban J connectivity index is 1.95. The molecule has 3 rings (SSSR count). The molecular weight excluding hydrogens is 227 g/mol. The van der Waals surface area contributed by atoms with Crippen molar-refractivity contribution in [1.29, 1.82) is 0 Å². The van der Waals surface area contributed by atoms with Gasteiger partial charge in [-0.25, -0.2) is 0 Å². The molecule has 0 N–H and O–H groups in total. The summed E-state index contributed by atoms with van der Waals surface area (Å²) in [6.45, 7) is 10.4. The summed E-state index contributed by atoms with van der Waals surface area (Å²) >= 11 is 0. The zero-order chi connectivity index (χ0) is 13.1. The van der Waals surface area contributed by atoms with E-state index in [0.717, 1.165) is 11.2 Å². The molecule has 2 aliphatic rings. The average molecular weight is 248 g/mol. The smallest absolute Gasteiger partial charge is 0.398 e. The second kappa shape index (κ2) is 3.61. The molecule has 2 heterocycles. The van der Waals surface area contributed by atoms with Crippen LogP contribution in [0.25, 0.3) is 0 Å². The predicted octanol–water partition coefficient (Wildman–Crippen LogP) is 1.83. The molecule has 18 heavy (non-hydrogen) atoms. The standard InChI is InChI=1S/C13H21BN2O2/c1-9-8-15-16(10-6-7-10)11(9)14-17-12(2,3)13(4,5)18-14/h8,10H,6-7H2,1-5H3. The van der Waals surface area contributed by atoms with Crippen LogP contribution < -0.4 is 5.59 Å². The topological polar surface area (TPSA) is 36.3 Å². The largest absolute Gasteiger partial charge is 0.514 e. The number of aromatic nitrogens is 2. The molecule has 0 aromatic carbocycles. The quantitative estimate of drug-likeness (QED) is 0.749. The maximum absolute atomic E-state index is 6.12. The van der Waals surface area contributed by atoms with Gasteiger partial charge in [0.1, 0.15) is 0 Å². The Bertz CT molecular complexity index is 461. The van der Waals surface area contributed by atoms with E-state index < -0.39 is 0 Å². The van der Waals surface area contributed by atoms with Crippen molar-refractivity contribution in [2.24, 2.45) is 0 Å². The van der Waals surface area contributed by atoms with Crippen molar-refractivity contribution in [3.8, 4) is 0 Å². The molecule has 1 saturated heterocycles. The molecular formula is C13H21BN2O2. The number of nitrogens with zero attached hydrogens (tertiary/aromatic N) is 2. The third-order valence-corrected chi connectivity index (χ3v) is 4.40. The van der Waals surface area contributed by atoms with Crippen LogP contribution in [-0.2, 0) is 9.31 Å². The van der Waals surface area contributed by atoms with Crippen LogP contribution >= 0.6 is 0 Å². The molecule has 1 aromatic rings. The van der Waals surface area contributed by atoms with E-state index in [9.17, 15) is 0 Å². The Morgan fingerprint density at radius 1 is 1.22 bits per heavy atom. The molecule has 0 radical (unpaired) electrons. The van der Waals surface area contributed by atoms with Crippen molar-refractivity contribution in [2.45, 2.75) is 64.7 Å². The number of hydrogen-bond donors (Lipinski definition) is 0. The normalized spacial score (nSPS) is 25.7. The van der Waals surface area contributed by atoms with E-state index in [2.05, 4.69) is 44.4 Å². The highest BCUT2D eigenvalue weighted by Gasteiger charge is 2.53. The molecule has 0 spiro atoms. The van der Waals surface area contributed by atoms with Crippen LogP contribution in [-0.4, -0.2) is 28.1 Å². The molecule has 1 aliphatic heterocycles. The van der Waals surface area contributed by atoms with Crippen molar-refractivity contribution in [3.63, 3.8) is 0 Å². The number of rotatable bonds is 2. The first-order valence-electron chi connectivity index (χ1n) is 6.71. The fraction of sp³-hybridized carbons (Fsp3) is 0.769. The van der Waals surface area contributed by atoms with Gasteiger partial charge < -0.3 is 9.31 Å². The summed E-state index contributed by atoms with van der Waals surface area (Å²) in [4.78, 5) is 0. The van der Waals surface area contributed by atoms with Crippen molar-refractivity contribution in [3.05, 3.63) is 11.8 Å². The van der Waals surface area contributed by atoms with Crippen LogP contribution in [0.5, 0.6) is 0 Å². The molecule has 0 atom stereocenters. The maximum Gasteiger partial charge on any atom is 0.514 e. The zero-order valence-electron chi connectivity index (χ0n) is 11.9. The van der Waals surface area contributed by atoms with Gasteiger partial charge in [0.05, 0.1) is 29.0 Å². The summed E-state index contributed by atoms with van der Waals surface area (Å²) < 4.78 is 14.3. The highest BCUT2D eigenvalue weighted by Crippen LogP contribution is 2.38. The Morgan fingerprint density at radius 3 is 2.28 bits per heavy atom. The predicted molar refractivity (Wildman–Crippen MR) is 71.0 cm³/mol. The molecule has 0 bridgehead atoms. The van der Waals surface area contributed by atoms with E-state index in [-0.39, 0.29) is 18.3 Å². The van der Waals surface area contributed by atoms with Crippen LogP contribution in [0.15, 0.2) is 6.20 Å². The molecule has 2 fully saturated rings. The third kappa shape index (κ3) is 1.72. The summed E-state index contributed by atoms with van der Waals surface area (Å²) in [5.74, 6) is 0. The van der Waals surface area contributed by atoms with E-state index in [4.69, 9.17) is 9.31 Å². The Labute approximate surface area is 109 Å². The van der Waals surface area contributed by atoms with Gasteiger partial charge in [0.15, 0.2) is 0 Å². The zero-order valence-corrected chi connectivity index (χ0v) is 11.9. The van der Waals surface area contributed by atoms with Crippen LogP contribution in [0.1, 0.15) is 52.1 Å². The lowest BCUT2D eigenvalue weighted by Crippen LogP contribution is -2.41. The first-order chi connectivity index (χ1) is 8.32. The summed E-state index contributed by atoms with van der Waals surface area (Å²) in [5, 5.41) is 4.47. The Hall–Kier alpha value is -0.805. The van der Waals surface area contributed by atoms with Gasteiger partial charge in [-0.3, -0.25) is 4.68 Å². The van der Waals surface area contributed by atoms with Crippen molar-refractivity contribution in [1.82, 2.24) is 9.78 Å². The fourth-order valence-electron chi connectivity index (χ4n) is 2.32. The highest BCUT2D eigenvalue weighted by atomic mass is 16.7. The minimum Gasteiger partial charge on any atom is -0.398 e. The lowest BCUT2D eigenvalue weighted by atomic mass is 9.82. The second-order valence-corrected chi connectivity index (χ2v) is 6.48. The number of hydrogen-bond acceptors (Lipinski definition) is 3. The molecule has 0 amide bonds. The Morgan fingerprint density at radius 2 is 1.78 bits per heavy atom. The lowest BCUT2D eigenvalue weighted by molar-refractivity contribution is 0.00578. The minimum atomic E-state index is -0.293. The third-order valence-electron chi connectivity index (χ3n) is 4.40. The molecule has 1 saturated carbocycles. The van der Waals surface area contributed by atoms with Crippen molar-refractivity contribution >= 4 is 12.7 Å². The first kappa shape index (κ1) is 12.2. The van der Waals surface area contributed by atoms with Crippen molar-refractivity contribution < 1.29 is 9.31 Å². The average Bonchev–Trinajstić information content (AvgIpc) is 2.96. The summed E-state index contributed by atoms with van der Waals surface area (Å²) in [7, 11) is -0.293. The SMILES string of the molecule is Cc1cnn(C2CC2)c1B1OC(C)(C)C(C)(C)O1. The summed E-state index contributed by atoms with van der Waals surface area (Å²) in [5.41, 5.74) is 1.67. The van der Waals surface area contributed by atoms with Gasteiger partial charge in [0, 0.05) is 0 Å². The number of aryl methyl sites for hydroxylation is 1. The van der Waals surface area contributed by atoms with Gasteiger partial charge >= 0.3 is 7.12 Å². The maximum atomic E-state index is 6.12. The molecule has 98 valence electrons. The van der Waals surface area contributed by atoms with E-state index in [1.54, 1.807) is 0 Å². The van der Waals surface area contributed by atoms with E-state index in [0.29, 0.717) is 6.04 Å². The van der Waals surface area contributed by atoms with Crippen molar-refractivity contribution in [2.75, 3.05) is 0 Å². The highest BCUT2D eigenvalue weighted by molar-refractivity contribution is 6.61. The molecule has 1 aromatic heterocycles. The Kier molecular flexibility index (Phi) is 2.45. The molecule has 1 aliphatic carbocycles. The molecule has 5 heteroatoms. The van der Waals surface area contributed by atoms with Crippen LogP contribution in [0.4, 0.5) is 0 Å². The van der Waals surface area contributed by atoms with Gasteiger partial charge in [0.25, 0.3) is 0 Å². The monoisotopic (exact) mass is 248 g/mol. The minimum absolute atomic E-state index is 0.289. The van der Waals surface area contributed by atoms with E-state index in [1.807, 2.05) is 6.20 Å². The fourth-order valence-corrected chi connectivity index (χ4v) is 2.32. The van der Waals surface area contributed by atoms with Crippen LogP contribution in [0, 0.1) is 6.92 Å². The van der Waals surface area contributed by atoms with Gasteiger partial charge in [-0.2, -0.15) is 5.10 Å². The van der Waals surface area contributed by atoms with Crippen LogP contribution in [0.3, 0.4) is 0 Å². The van der Waals surface area contributed by atoms with Gasteiger partial charge in [0.2, 0.25) is 0 Å². The summed E-state index contributed by atoms with van der Waals surface area (Å²) in [6.07, 6.45) is 4.35. The van der Waals surface area contributed by atoms with E-state index >= 15 is 0 Å². The van der Waals surface area contributed by atoms with E-state index in [1.165, 1.54) is 12.8 Å². The molecule has 4 nitrogen and oxygen atoms in total.